The quantitative estimate of drug-likeness (QED) is 0.229. The molecular formula is C31H34Cl2IN3O4S. The van der Waals surface area contributed by atoms with E-state index >= 15 is 0 Å². The first-order valence-corrected chi connectivity index (χ1v) is 17.5. The maximum atomic E-state index is 14.2. The number of hydrogen-bond donors (Lipinski definition) is 1. The van der Waals surface area contributed by atoms with Gasteiger partial charge in [0.2, 0.25) is 21.8 Å². The molecule has 0 spiro atoms. The molecule has 1 saturated carbocycles. The Bertz CT molecular complexity index is 1480. The second kappa shape index (κ2) is 14.9. The standard InChI is InChI=1S/C31H34Cl2IN3O4S/c1-42(40,41)37(26-15-13-24(34)14-16-26)21-30(38)36(20-23-12-17-27(32)28(33)18-23)29(19-22-8-4-2-5-9-22)31(39)35-25-10-6-3-7-11-25/h2,4-5,8-9,12-18,25,29H,3,6-7,10-11,19-21H2,1H3,(H,35,39)/t29-/m1/s1. The number of halogens is 3. The number of anilines is 1. The summed E-state index contributed by atoms with van der Waals surface area (Å²) in [4.78, 5) is 29.7. The first-order valence-electron chi connectivity index (χ1n) is 13.8. The van der Waals surface area contributed by atoms with E-state index in [0.29, 0.717) is 21.3 Å². The van der Waals surface area contributed by atoms with Crippen molar-refractivity contribution < 1.29 is 18.0 Å². The van der Waals surface area contributed by atoms with Gasteiger partial charge in [0.1, 0.15) is 12.6 Å². The molecule has 0 aliphatic heterocycles. The summed E-state index contributed by atoms with van der Waals surface area (Å²) in [6.07, 6.45) is 6.33. The van der Waals surface area contributed by atoms with Crippen molar-refractivity contribution in [3.63, 3.8) is 0 Å². The topological polar surface area (TPSA) is 86.8 Å². The molecule has 3 aromatic carbocycles. The molecule has 4 rings (SSSR count). The lowest BCUT2D eigenvalue weighted by Gasteiger charge is -2.35. The Morgan fingerprint density at radius 1 is 0.929 bits per heavy atom. The van der Waals surface area contributed by atoms with Crippen LogP contribution in [0.2, 0.25) is 10.0 Å². The summed E-state index contributed by atoms with van der Waals surface area (Å²) in [5.41, 5.74) is 1.92. The van der Waals surface area contributed by atoms with Crippen molar-refractivity contribution in [1.82, 2.24) is 10.2 Å². The second-order valence-electron chi connectivity index (χ2n) is 10.6. The molecule has 0 saturated heterocycles. The van der Waals surface area contributed by atoms with Gasteiger partial charge in [-0.15, -0.1) is 0 Å². The summed E-state index contributed by atoms with van der Waals surface area (Å²) in [7, 11) is -3.83. The molecule has 0 radical (unpaired) electrons. The van der Waals surface area contributed by atoms with Crippen LogP contribution in [0.4, 0.5) is 5.69 Å². The first kappa shape index (κ1) is 32.6. The summed E-state index contributed by atoms with van der Waals surface area (Å²) in [6.45, 7) is -0.432. The monoisotopic (exact) mass is 741 g/mol. The van der Waals surface area contributed by atoms with Crippen molar-refractivity contribution in [2.75, 3.05) is 17.1 Å². The maximum Gasteiger partial charge on any atom is 0.244 e. The van der Waals surface area contributed by atoms with Crippen LogP contribution >= 0.6 is 45.8 Å². The van der Waals surface area contributed by atoms with Crippen molar-refractivity contribution in [2.24, 2.45) is 0 Å². The fourth-order valence-corrected chi connectivity index (χ4v) is 6.68. The molecule has 0 bridgehead atoms. The Hall–Kier alpha value is -2.34. The number of carbonyl (C=O) groups is 2. The second-order valence-corrected chi connectivity index (χ2v) is 14.5. The van der Waals surface area contributed by atoms with Crippen LogP contribution in [0.5, 0.6) is 0 Å². The van der Waals surface area contributed by atoms with E-state index in [2.05, 4.69) is 27.9 Å². The molecule has 1 aliphatic carbocycles. The highest BCUT2D eigenvalue weighted by Gasteiger charge is 2.34. The van der Waals surface area contributed by atoms with E-state index in [1.165, 1.54) is 4.90 Å². The van der Waals surface area contributed by atoms with E-state index in [9.17, 15) is 18.0 Å². The summed E-state index contributed by atoms with van der Waals surface area (Å²) in [5, 5.41) is 3.88. The van der Waals surface area contributed by atoms with E-state index < -0.39 is 28.5 Å². The lowest BCUT2D eigenvalue weighted by molar-refractivity contribution is -0.140. The van der Waals surface area contributed by atoms with Crippen LogP contribution in [0, 0.1) is 3.57 Å². The fraction of sp³-hybridized carbons (Fsp3) is 0.355. The molecule has 0 aromatic heterocycles. The maximum absolute atomic E-state index is 14.2. The number of amides is 2. The highest BCUT2D eigenvalue weighted by Crippen LogP contribution is 2.26. The number of nitrogens with zero attached hydrogens (tertiary/aromatic N) is 2. The SMILES string of the molecule is CS(=O)(=O)N(CC(=O)N(Cc1ccc(Cl)c(Cl)c1)[C@H](Cc1ccccc1)C(=O)NC1CCCCC1)c1ccc(I)cc1. The molecular weight excluding hydrogens is 708 g/mol. The van der Waals surface area contributed by atoms with Gasteiger partial charge in [0, 0.05) is 22.6 Å². The van der Waals surface area contributed by atoms with E-state index in [1.54, 1.807) is 42.5 Å². The van der Waals surface area contributed by atoms with Gasteiger partial charge in [-0.2, -0.15) is 0 Å². The number of sulfonamides is 1. The van der Waals surface area contributed by atoms with Crippen molar-refractivity contribution in [2.45, 2.75) is 57.2 Å². The Morgan fingerprint density at radius 2 is 1.60 bits per heavy atom. The molecule has 1 aliphatic rings. The number of benzene rings is 3. The van der Waals surface area contributed by atoms with E-state index in [4.69, 9.17) is 23.2 Å². The zero-order valence-corrected chi connectivity index (χ0v) is 27.8. The summed E-state index contributed by atoms with van der Waals surface area (Å²) < 4.78 is 27.8. The van der Waals surface area contributed by atoms with Gasteiger partial charge in [-0.1, -0.05) is 78.9 Å². The Morgan fingerprint density at radius 3 is 2.21 bits per heavy atom. The lowest BCUT2D eigenvalue weighted by Crippen LogP contribution is -2.55. The van der Waals surface area contributed by atoms with Gasteiger partial charge in [-0.3, -0.25) is 13.9 Å². The minimum Gasteiger partial charge on any atom is -0.352 e. The van der Waals surface area contributed by atoms with Gasteiger partial charge in [0.25, 0.3) is 0 Å². The molecule has 2 amide bonds. The third-order valence-electron chi connectivity index (χ3n) is 7.35. The van der Waals surface area contributed by atoms with Gasteiger partial charge in [0.05, 0.1) is 22.0 Å². The highest BCUT2D eigenvalue weighted by atomic mass is 127. The van der Waals surface area contributed by atoms with Crippen molar-refractivity contribution in [3.05, 3.63) is 97.5 Å². The molecule has 7 nitrogen and oxygen atoms in total. The van der Waals surface area contributed by atoms with Crippen LogP contribution in [-0.4, -0.2) is 50.0 Å². The zero-order chi connectivity index (χ0) is 30.3. The average Bonchev–Trinajstić information content (AvgIpc) is 2.96. The molecule has 3 aromatic rings. The number of rotatable bonds is 11. The predicted molar refractivity (Wildman–Crippen MR) is 177 cm³/mol. The normalized spacial score (nSPS) is 14.7. The van der Waals surface area contributed by atoms with Crippen LogP contribution in [0.25, 0.3) is 0 Å². The Balaban J connectivity index is 1.73. The fourth-order valence-electron chi connectivity index (χ4n) is 5.15. The molecule has 224 valence electrons. The Labute approximate surface area is 271 Å². The molecule has 0 heterocycles. The molecule has 0 unspecified atom stereocenters. The Kier molecular flexibility index (Phi) is 11.6. The molecule has 11 heteroatoms. The van der Waals surface area contributed by atoms with E-state index in [0.717, 1.165) is 51.8 Å². The van der Waals surface area contributed by atoms with Crippen LogP contribution in [-0.2, 0) is 32.6 Å². The molecule has 42 heavy (non-hydrogen) atoms. The summed E-state index contributed by atoms with van der Waals surface area (Å²) in [6, 6.07) is 20.6. The highest BCUT2D eigenvalue weighted by molar-refractivity contribution is 14.1. The minimum atomic E-state index is -3.83. The number of carbonyl (C=O) groups excluding carboxylic acids is 2. The van der Waals surface area contributed by atoms with Gasteiger partial charge >= 0.3 is 0 Å². The van der Waals surface area contributed by atoms with Crippen LogP contribution in [0.1, 0.15) is 43.2 Å². The number of nitrogens with one attached hydrogen (secondary N) is 1. The number of hydrogen-bond acceptors (Lipinski definition) is 4. The zero-order valence-electron chi connectivity index (χ0n) is 23.3. The van der Waals surface area contributed by atoms with Crippen molar-refractivity contribution in [3.8, 4) is 0 Å². The lowest BCUT2D eigenvalue weighted by atomic mass is 9.94. The van der Waals surface area contributed by atoms with Crippen molar-refractivity contribution in [1.29, 1.82) is 0 Å². The first-order chi connectivity index (χ1) is 20.0. The van der Waals surface area contributed by atoms with Crippen LogP contribution in [0.15, 0.2) is 72.8 Å². The van der Waals surface area contributed by atoms with E-state index in [-0.39, 0.29) is 24.9 Å². The van der Waals surface area contributed by atoms with Gasteiger partial charge < -0.3 is 10.2 Å². The molecule has 1 N–H and O–H groups in total. The van der Waals surface area contributed by atoms with Gasteiger partial charge in [-0.05, 0) is 83.0 Å². The largest absolute Gasteiger partial charge is 0.352 e. The molecule has 1 fully saturated rings. The third kappa shape index (κ3) is 9.08. The smallest absolute Gasteiger partial charge is 0.244 e. The minimum absolute atomic E-state index is 0.0331. The third-order valence-corrected chi connectivity index (χ3v) is 9.95. The summed E-state index contributed by atoms with van der Waals surface area (Å²) >= 11 is 14.6. The van der Waals surface area contributed by atoms with E-state index in [1.807, 2.05) is 30.3 Å². The average molecular weight is 743 g/mol. The van der Waals surface area contributed by atoms with Crippen molar-refractivity contribution >= 4 is 73.3 Å². The van der Waals surface area contributed by atoms with Gasteiger partial charge in [0.15, 0.2) is 0 Å². The molecule has 1 atom stereocenters. The van der Waals surface area contributed by atoms with Crippen LogP contribution < -0.4 is 9.62 Å². The predicted octanol–water partition coefficient (Wildman–Crippen LogP) is 6.45. The van der Waals surface area contributed by atoms with Crippen LogP contribution in [0.3, 0.4) is 0 Å². The van der Waals surface area contributed by atoms with Gasteiger partial charge in [-0.25, -0.2) is 8.42 Å². The summed E-state index contributed by atoms with van der Waals surface area (Å²) in [5.74, 6) is -0.774.